The van der Waals surface area contributed by atoms with E-state index in [4.69, 9.17) is 0 Å². The molecule has 1 atom stereocenters. The van der Waals surface area contributed by atoms with Gasteiger partial charge < -0.3 is 15.1 Å². The zero-order valence-corrected chi connectivity index (χ0v) is 17.9. The predicted molar refractivity (Wildman–Crippen MR) is 109 cm³/mol. The predicted octanol–water partition coefficient (Wildman–Crippen LogP) is 1.32. The Hall–Kier alpha value is -0.450. The molecule has 1 aromatic rings. The molecule has 6 nitrogen and oxygen atoms in total. The van der Waals surface area contributed by atoms with Crippen LogP contribution in [0.25, 0.3) is 0 Å². The lowest BCUT2D eigenvalue weighted by Crippen LogP contribution is -2.55. The first-order chi connectivity index (χ1) is 10.5. The molecule has 0 radical (unpaired) electrons. The fourth-order valence-corrected chi connectivity index (χ4v) is 3.32. The molecule has 1 N–H and O–H groups in total. The summed E-state index contributed by atoms with van der Waals surface area (Å²) in [6.07, 6.45) is 0. The average molecular weight is 452 g/mol. The molecular formula is C15H29IN6S. The molecule has 0 amide bonds. The minimum atomic E-state index is 0. The summed E-state index contributed by atoms with van der Waals surface area (Å²) in [7, 11) is 8.28. The van der Waals surface area contributed by atoms with Crippen molar-refractivity contribution in [2.75, 3.05) is 54.4 Å². The highest BCUT2D eigenvalue weighted by Gasteiger charge is 2.22. The van der Waals surface area contributed by atoms with Gasteiger partial charge in [-0.2, -0.15) is 0 Å². The van der Waals surface area contributed by atoms with Crippen molar-refractivity contribution >= 4 is 41.3 Å². The highest BCUT2D eigenvalue weighted by Crippen LogP contribution is 2.10. The molecule has 23 heavy (non-hydrogen) atoms. The van der Waals surface area contributed by atoms with E-state index in [1.807, 2.05) is 14.0 Å². The summed E-state index contributed by atoms with van der Waals surface area (Å²) < 4.78 is 0. The monoisotopic (exact) mass is 452 g/mol. The third-order valence-electron chi connectivity index (χ3n) is 4.12. The fourth-order valence-electron chi connectivity index (χ4n) is 2.71. The van der Waals surface area contributed by atoms with E-state index in [2.05, 4.69) is 56.5 Å². The van der Waals surface area contributed by atoms with Crippen LogP contribution in [0.4, 0.5) is 0 Å². The standard InChI is InChI=1S/C15H28N6S.HI/c1-12-18-13(11-22-12)9-21(5)15(16-2)17-8-14-10-19(3)6-7-20(14)4;/h11,14H,6-10H2,1-5H3,(H,16,17);1H. The first kappa shape index (κ1) is 20.6. The number of hydrogen-bond donors (Lipinski definition) is 1. The van der Waals surface area contributed by atoms with Crippen molar-refractivity contribution in [1.29, 1.82) is 0 Å². The van der Waals surface area contributed by atoms with Crippen LogP contribution in [0.5, 0.6) is 0 Å². The van der Waals surface area contributed by atoms with Gasteiger partial charge in [0.2, 0.25) is 0 Å². The molecule has 1 aliphatic rings. The lowest BCUT2D eigenvalue weighted by molar-refractivity contribution is 0.116. The third-order valence-corrected chi connectivity index (χ3v) is 4.94. The zero-order chi connectivity index (χ0) is 16.1. The van der Waals surface area contributed by atoms with Gasteiger partial charge in [0.15, 0.2) is 5.96 Å². The van der Waals surface area contributed by atoms with Gasteiger partial charge in [-0.1, -0.05) is 0 Å². The average Bonchev–Trinajstić information content (AvgIpc) is 2.88. The maximum absolute atomic E-state index is 4.52. The Morgan fingerprint density at radius 2 is 2.22 bits per heavy atom. The van der Waals surface area contributed by atoms with Crippen molar-refractivity contribution in [3.8, 4) is 0 Å². The maximum atomic E-state index is 4.52. The van der Waals surface area contributed by atoms with Gasteiger partial charge in [0.1, 0.15) is 0 Å². The number of likely N-dealkylation sites (N-methyl/N-ethyl adjacent to an activating group) is 2. The van der Waals surface area contributed by atoms with Crippen molar-refractivity contribution in [2.24, 2.45) is 4.99 Å². The number of thiazole rings is 1. The van der Waals surface area contributed by atoms with Crippen molar-refractivity contribution in [1.82, 2.24) is 25.0 Å². The van der Waals surface area contributed by atoms with Gasteiger partial charge in [-0.05, 0) is 21.0 Å². The molecule has 0 saturated carbocycles. The van der Waals surface area contributed by atoms with E-state index in [1.165, 1.54) is 0 Å². The summed E-state index contributed by atoms with van der Waals surface area (Å²) in [5.41, 5.74) is 1.10. The van der Waals surface area contributed by atoms with Crippen LogP contribution in [0.3, 0.4) is 0 Å². The second-order valence-electron chi connectivity index (χ2n) is 6.04. The molecule has 0 bridgehead atoms. The van der Waals surface area contributed by atoms with E-state index in [0.29, 0.717) is 6.04 Å². The first-order valence-electron chi connectivity index (χ1n) is 7.71. The molecule has 1 aromatic heterocycles. The Labute approximate surface area is 161 Å². The number of rotatable bonds is 4. The van der Waals surface area contributed by atoms with Crippen LogP contribution in [0, 0.1) is 6.92 Å². The molecule has 0 aromatic carbocycles. The molecule has 1 fully saturated rings. The van der Waals surface area contributed by atoms with Gasteiger partial charge >= 0.3 is 0 Å². The lowest BCUT2D eigenvalue weighted by Gasteiger charge is -2.38. The summed E-state index contributed by atoms with van der Waals surface area (Å²) in [6.45, 7) is 7.09. The van der Waals surface area contributed by atoms with E-state index in [1.54, 1.807) is 11.3 Å². The van der Waals surface area contributed by atoms with Crippen LogP contribution in [0.15, 0.2) is 10.4 Å². The van der Waals surface area contributed by atoms with Crippen LogP contribution in [0.2, 0.25) is 0 Å². The number of aromatic nitrogens is 1. The van der Waals surface area contributed by atoms with Gasteiger partial charge in [-0.25, -0.2) is 4.98 Å². The number of halogens is 1. The van der Waals surface area contributed by atoms with Gasteiger partial charge in [-0.3, -0.25) is 9.89 Å². The molecular weight excluding hydrogens is 423 g/mol. The van der Waals surface area contributed by atoms with Crippen molar-refractivity contribution in [2.45, 2.75) is 19.5 Å². The van der Waals surface area contributed by atoms with Crippen LogP contribution in [-0.2, 0) is 6.54 Å². The molecule has 132 valence electrons. The summed E-state index contributed by atoms with van der Waals surface area (Å²) >= 11 is 1.69. The maximum Gasteiger partial charge on any atom is 0.193 e. The number of hydrogen-bond acceptors (Lipinski definition) is 5. The molecule has 8 heteroatoms. The highest BCUT2D eigenvalue weighted by molar-refractivity contribution is 14.0. The number of nitrogens with zero attached hydrogens (tertiary/aromatic N) is 5. The summed E-state index contributed by atoms with van der Waals surface area (Å²) in [5.74, 6) is 0.923. The highest BCUT2D eigenvalue weighted by atomic mass is 127. The Bertz CT molecular complexity index is 506. The van der Waals surface area contributed by atoms with Crippen LogP contribution in [-0.4, -0.2) is 86.1 Å². The molecule has 0 spiro atoms. The van der Waals surface area contributed by atoms with E-state index < -0.39 is 0 Å². The lowest BCUT2D eigenvalue weighted by atomic mass is 10.2. The van der Waals surface area contributed by atoms with E-state index in [9.17, 15) is 0 Å². The zero-order valence-electron chi connectivity index (χ0n) is 14.7. The Morgan fingerprint density at radius 1 is 1.48 bits per heavy atom. The van der Waals surface area contributed by atoms with Crippen molar-refractivity contribution in [3.63, 3.8) is 0 Å². The van der Waals surface area contributed by atoms with Gasteiger partial charge in [-0.15, -0.1) is 35.3 Å². The molecule has 1 aliphatic heterocycles. The van der Waals surface area contributed by atoms with Gasteiger partial charge in [0.05, 0.1) is 17.2 Å². The molecule has 0 aliphatic carbocycles. The van der Waals surface area contributed by atoms with E-state index in [0.717, 1.165) is 49.4 Å². The van der Waals surface area contributed by atoms with Crippen LogP contribution < -0.4 is 5.32 Å². The fraction of sp³-hybridized carbons (Fsp3) is 0.733. The Morgan fingerprint density at radius 3 is 2.83 bits per heavy atom. The largest absolute Gasteiger partial charge is 0.355 e. The Kier molecular flexibility index (Phi) is 8.73. The molecule has 1 unspecified atom stereocenters. The molecule has 1 saturated heterocycles. The number of piperazine rings is 1. The summed E-state index contributed by atoms with van der Waals surface area (Å²) in [6, 6.07) is 0.519. The number of nitrogens with one attached hydrogen (secondary N) is 1. The van der Waals surface area contributed by atoms with Crippen LogP contribution >= 0.6 is 35.3 Å². The summed E-state index contributed by atoms with van der Waals surface area (Å²) in [5, 5.41) is 6.72. The quantitative estimate of drug-likeness (QED) is 0.425. The SMILES string of the molecule is CN=C(NCC1CN(C)CCN1C)N(C)Cc1csc(C)n1.I. The number of guanidine groups is 1. The molecule has 2 rings (SSSR count). The molecule has 2 heterocycles. The van der Waals surface area contributed by atoms with Crippen LogP contribution in [0.1, 0.15) is 10.7 Å². The van der Waals surface area contributed by atoms with Crippen molar-refractivity contribution in [3.05, 3.63) is 16.1 Å². The second kappa shape index (κ2) is 9.75. The Balaban J connectivity index is 0.00000264. The third kappa shape index (κ3) is 6.17. The smallest absolute Gasteiger partial charge is 0.193 e. The normalized spacial score (nSPS) is 20.2. The van der Waals surface area contributed by atoms with Crippen molar-refractivity contribution < 1.29 is 0 Å². The minimum Gasteiger partial charge on any atom is -0.355 e. The first-order valence-corrected chi connectivity index (χ1v) is 8.59. The summed E-state index contributed by atoms with van der Waals surface area (Å²) in [4.78, 5) is 15.8. The second-order valence-corrected chi connectivity index (χ2v) is 7.10. The number of aliphatic imine (C=N–C) groups is 1. The minimum absolute atomic E-state index is 0. The number of aryl methyl sites for hydroxylation is 1. The van der Waals surface area contributed by atoms with E-state index in [-0.39, 0.29) is 24.0 Å². The topological polar surface area (TPSA) is 47.0 Å². The van der Waals surface area contributed by atoms with E-state index >= 15 is 0 Å². The van der Waals surface area contributed by atoms with Gasteiger partial charge in [0.25, 0.3) is 0 Å². The van der Waals surface area contributed by atoms with Gasteiger partial charge in [0, 0.05) is 51.7 Å².